The van der Waals surface area contributed by atoms with Crippen molar-refractivity contribution in [3.05, 3.63) is 16.6 Å². The number of hydrogen-bond acceptors (Lipinski definition) is 4. The Balaban J connectivity index is 2.11. The number of aromatic nitrogens is 1. The molecule has 2 N–H and O–H groups in total. The van der Waals surface area contributed by atoms with Crippen molar-refractivity contribution in [3.63, 3.8) is 0 Å². The second-order valence-corrected chi connectivity index (χ2v) is 4.79. The zero-order chi connectivity index (χ0) is 8.81. The molecule has 0 spiro atoms. The molecule has 1 unspecified atom stereocenters. The Morgan fingerprint density at radius 2 is 2.58 bits per heavy atom. The van der Waals surface area contributed by atoms with Gasteiger partial charge in [0.1, 0.15) is 5.01 Å². The van der Waals surface area contributed by atoms with Crippen LogP contribution in [0.25, 0.3) is 0 Å². The topological polar surface area (TPSA) is 38.9 Å². The van der Waals surface area contributed by atoms with Crippen molar-refractivity contribution >= 4 is 23.1 Å². The van der Waals surface area contributed by atoms with Crippen molar-refractivity contribution in [2.75, 3.05) is 12.3 Å². The number of thioether (sulfide) groups is 1. The maximum absolute atomic E-state index is 5.51. The highest BCUT2D eigenvalue weighted by Gasteiger charge is 2.00. The number of thiazole rings is 1. The van der Waals surface area contributed by atoms with Crippen LogP contribution in [0.4, 0.5) is 0 Å². The van der Waals surface area contributed by atoms with E-state index in [1.807, 2.05) is 23.3 Å². The van der Waals surface area contributed by atoms with E-state index in [-0.39, 0.29) is 0 Å². The Hall–Kier alpha value is -0.0600. The smallest absolute Gasteiger partial charge is 0.102 e. The minimum Gasteiger partial charge on any atom is -0.330 e. The number of rotatable bonds is 5. The van der Waals surface area contributed by atoms with Crippen LogP contribution in [0.15, 0.2) is 11.6 Å². The predicted octanol–water partition coefficient (Wildman–Crippen LogP) is 1.97. The van der Waals surface area contributed by atoms with Gasteiger partial charge in [-0.05, 0) is 18.2 Å². The third kappa shape index (κ3) is 3.56. The van der Waals surface area contributed by atoms with Crippen LogP contribution in [0.5, 0.6) is 0 Å². The lowest BCUT2D eigenvalue weighted by molar-refractivity contribution is 0.675. The first-order chi connectivity index (χ1) is 5.83. The fraction of sp³-hybridized carbons (Fsp3) is 0.625. The van der Waals surface area contributed by atoms with Gasteiger partial charge >= 0.3 is 0 Å². The van der Waals surface area contributed by atoms with E-state index < -0.39 is 0 Å². The van der Waals surface area contributed by atoms with E-state index >= 15 is 0 Å². The summed E-state index contributed by atoms with van der Waals surface area (Å²) in [5, 5.41) is 3.23. The van der Waals surface area contributed by atoms with Gasteiger partial charge < -0.3 is 5.73 Å². The fourth-order valence-corrected chi connectivity index (χ4v) is 2.57. The molecule has 0 aliphatic carbocycles. The number of nitrogens with two attached hydrogens (primary N) is 1. The van der Waals surface area contributed by atoms with Gasteiger partial charge in [-0.15, -0.1) is 11.3 Å². The molecule has 0 saturated carbocycles. The Kier molecular flexibility index (Phi) is 4.65. The largest absolute Gasteiger partial charge is 0.330 e. The second-order valence-electron chi connectivity index (χ2n) is 2.78. The Morgan fingerprint density at radius 3 is 3.17 bits per heavy atom. The quantitative estimate of drug-likeness (QED) is 0.793. The maximum atomic E-state index is 5.51. The highest BCUT2D eigenvalue weighted by atomic mass is 32.2. The van der Waals surface area contributed by atoms with Gasteiger partial charge in [-0.3, -0.25) is 0 Å². The van der Waals surface area contributed by atoms with Crippen molar-refractivity contribution in [1.82, 2.24) is 4.98 Å². The third-order valence-electron chi connectivity index (χ3n) is 1.51. The predicted molar refractivity (Wildman–Crippen MR) is 56.5 cm³/mol. The minimum absolute atomic E-state index is 0.620. The van der Waals surface area contributed by atoms with Crippen LogP contribution >= 0.6 is 23.1 Å². The molecule has 1 rings (SSSR count). The van der Waals surface area contributed by atoms with E-state index in [2.05, 4.69) is 11.9 Å². The summed E-state index contributed by atoms with van der Waals surface area (Å²) >= 11 is 3.63. The van der Waals surface area contributed by atoms with Crippen LogP contribution in [0.3, 0.4) is 0 Å². The molecule has 4 heteroatoms. The van der Waals surface area contributed by atoms with Crippen molar-refractivity contribution in [2.24, 2.45) is 11.7 Å². The third-order valence-corrected chi connectivity index (χ3v) is 3.76. The summed E-state index contributed by atoms with van der Waals surface area (Å²) in [5.74, 6) is 2.79. The van der Waals surface area contributed by atoms with Crippen molar-refractivity contribution in [2.45, 2.75) is 12.7 Å². The molecular weight excluding hydrogens is 188 g/mol. The Bertz CT molecular complexity index is 199. The number of nitrogens with zero attached hydrogens (tertiary/aromatic N) is 1. The van der Waals surface area contributed by atoms with Crippen LogP contribution in [0.2, 0.25) is 0 Å². The first-order valence-corrected chi connectivity index (χ1v) is 6.02. The SMILES string of the molecule is CC(CN)CSCc1nccs1. The van der Waals surface area contributed by atoms with Crippen molar-refractivity contribution < 1.29 is 0 Å². The monoisotopic (exact) mass is 202 g/mol. The van der Waals surface area contributed by atoms with Gasteiger partial charge in [-0.1, -0.05) is 6.92 Å². The average molecular weight is 202 g/mol. The maximum Gasteiger partial charge on any atom is 0.102 e. The van der Waals surface area contributed by atoms with Crippen LogP contribution in [0, 0.1) is 5.92 Å². The van der Waals surface area contributed by atoms with E-state index in [4.69, 9.17) is 5.73 Å². The molecule has 0 saturated heterocycles. The molecule has 1 atom stereocenters. The molecule has 1 heterocycles. The molecule has 1 aromatic heterocycles. The molecule has 68 valence electrons. The molecule has 2 nitrogen and oxygen atoms in total. The summed E-state index contributed by atoms with van der Waals surface area (Å²) < 4.78 is 0. The standard InChI is InChI=1S/C8H14N2S2/c1-7(4-9)5-11-6-8-10-2-3-12-8/h2-3,7H,4-6,9H2,1H3. The second kappa shape index (κ2) is 5.56. The molecular formula is C8H14N2S2. The average Bonchev–Trinajstić information content (AvgIpc) is 2.57. The molecule has 0 amide bonds. The summed E-state index contributed by atoms with van der Waals surface area (Å²) in [6.07, 6.45) is 1.85. The van der Waals surface area contributed by atoms with Gasteiger partial charge in [0, 0.05) is 17.3 Å². The van der Waals surface area contributed by atoms with Crippen LogP contribution in [0.1, 0.15) is 11.9 Å². The van der Waals surface area contributed by atoms with Crippen LogP contribution in [-0.4, -0.2) is 17.3 Å². The molecule has 0 radical (unpaired) electrons. The van der Waals surface area contributed by atoms with Gasteiger partial charge in [-0.25, -0.2) is 4.98 Å². The first kappa shape index (κ1) is 10.0. The molecule has 0 fully saturated rings. The normalized spacial score (nSPS) is 13.2. The highest BCUT2D eigenvalue weighted by molar-refractivity contribution is 7.98. The minimum atomic E-state index is 0.620. The lowest BCUT2D eigenvalue weighted by Gasteiger charge is -2.05. The lowest BCUT2D eigenvalue weighted by Crippen LogP contribution is -2.12. The molecule has 0 aromatic carbocycles. The number of hydrogen-bond donors (Lipinski definition) is 1. The zero-order valence-electron chi connectivity index (χ0n) is 7.19. The molecule has 0 aliphatic heterocycles. The summed E-state index contributed by atoms with van der Waals surface area (Å²) in [5.41, 5.74) is 5.51. The van der Waals surface area contributed by atoms with Crippen molar-refractivity contribution in [1.29, 1.82) is 0 Å². The summed E-state index contributed by atoms with van der Waals surface area (Å²) in [6.45, 7) is 2.96. The first-order valence-electron chi connectivity index (χ1n) is 3.99. The van der Waals surface area contributed by atoms with E-state index in [1.54, 1.807) is 11.3 Å². The Morgan fingerprint density at radius 1 is 1.75 bits per heavy atom. The molecule has 0 aliphatic rings. The van der Waals surface area contributed by atoms with Gasteiger partial charge in [-0.2, -0.15) is 11.8 Å². The van der Waals surface area contributed by atoms with Crippen LogP contribution in [-0.2, 0) is 5.75 Å². The zero-order valence-corrected chi connectivity index (χ0v) is 8.83. The van der Waals surface area contributed by atoms with Crippen molar-refractivity contribution in [3.8, 4) is 0 Å². The molecule has 0 bridgehead atoms. The summed E-state index contributed by atoms with van der Waals surface area (Å²) in [7, 11) is 0. The highest BCUT2D eigenvalue weighted by Crippen LogP contribution is 2.16. The van der Waals surface area contributed by atoms with Gasteiger partial charge in [0.15, 0.2) is 0 Å². The van der Waals surface area contributed by atoms with E-state index in [0.29, 0.717) is 5.92 Å². The van der Waals surface area contributed by atoms with Gasteiger partial charge in [0.2, 0.25) is 0 Å². The summed E-state index contributed by atoms with van der Waals surface area (Å²) in [4.78, 5) is 4.21. The fourth-order valence-electron chi connectivity index (χ4n) is 0.740. The molecule has 12 heavy (non-hydrogen) atoms. The summed E-state index contributed by atoms with van der Waals surface area (Å²) in [6, 6.07) is 0. The van der Waals surface area contributed by atoms with Crippen LogP contribution < -0.4 is 5.73 Å². The van der Waals surface area contributed by atoms with E-state index in [1.165, 1.54) is 5.01 Å². The van der Waals surface area contributed by atoms with Gasteiger partial charge in [0.05, 0.1) is 0 Å². The van der Waals surface area contributed by atoms with Gasteiger partial charge in [0.25, 0.3) is 0 Å². The lowest BCUT2D eigenvalue weighted by atomic mass is 10.2. The van der Waals surface area contributed by atoms with E-state index in [9.17, 15) is 0 Å². The molecule has 1 aromatic rings. The van der Waals surface area contributed by atoms with E-state index in [0.717, 1.165) is 18.1 Å². The Labute approximate surface area is 81.6 Å².